The van der Waals surface area contributed by atoms with Crippen LogP contribution in [0.1, 0.15) is 5.69 Å². The molecule has 1 heterocycles. The summed E-state index contributed by atoms with van der Waals surface area (Å²) in [5.41, 5.74) is 0.0263. The van der Waals surface area contributed by atoms with Gasteiger partial charge < -0.3 is 0 Å². The van der Waals surface area contributed by atoms with Crippen LogP contribution in [0.15, 0.2) is 29.3 Å². The fourth-order valence-corrected chi connectivity index (χ4v) is 2.91. The van der Waals surface area contributed by atoms with E-state index in [-0.39, 0.29) is 21.3 Å². The number of aryl methyl sites for hydroxylation is 1. The van der Waals surface area contributed by atoms with Crippen molar-refractivity contribution in [3.05, 3.63) is 45.2 Å². The number of nitrogens with one attached hydrogen (secondary N) is 2. The molecule has 1 aromatic carbocycles. The summed E-state index contributed by atoms with van der Waals surface area (Å²) in [4.78, 5) is 10.0. The van der Waals surface area contributed by atoms with E-state index in [1.54, 1.807) is 6.92 Å². The molecule has 20 heavy (non-hydrogen) atoms. The molecule has 0 aliphatic heterocycles. The second-order valence-corrected chi connectivity index (χ2v) is 5.95. The van der Waals surface area contributed by atoms with E-state index < -0.39 is 14.9 Å². The summed E-state index contributed by atoms with van der Waals surface area (Å²) in [6.07, 6.45) is 1.15. The van der Waals surface area contributed by atoms with Crippen molar-refractivity contribution in [3.63, 3.8) is 0 Å². The first-order chi connectivity index (χ1) is 9.31. The van der Waals surface area contributed by atoms with Gasteiger partial charge in [-0.3, -0.25) is 19.9 Å². The SMILES string of the molecule is Cc1[nH]ncc1S(=O)(=O)Nc1ccc(Cl)c([N+](=O)[O-])c1. The molecule has 0 aliphatic carbocycles. The topological polar surface area (TPSA) is 118 Å². The number of sulfonamides is 1. The van der Waals surface area contributed by atoms with Gasteiger partial charge in [0.25, 0.3) is 15.7 Å². The molecular weight excluding hydrogens is 308 g/mol. The van der Waals surface area contributed by atoms with Crippen LogP contribution < -0.4 is 4.72 Å². The third-order valence-corrected chi connectivity index (χ3v) is 4.28. The van der Waals surface area contributed by atoms with Gasteiger partial charge in [0, 0.05) is 6.07 Å². The van der Waals surface area contributed by atoms with Crippen molar-refractivity contribution < 1.29 is 13.3 Å². The first-order valence-electron chi connectivity index (χ1n) is 5.28. The molecule has 0 spiro atoms. The highest BCUT2D eigenvalue weighted by Gasteiger charge is 2.20. The lowest BCUT2D eigenvalue weighted by Gasteiger charge is -2.07. The standard InChI is InChI=1S/C10H9ClN4O4S/c1-6-10(5-12-13-6)20(18,19)14-7-2-3-8(11)9(4-7)15(16)17/h2-5,14H,1H3,(H,12,13). The van der Waals surface area contributed by atoms with Crippen molar-refractivity contribution in [2.24, 2.45) is 0 Å². The van der Waals surface area contributed by atoms with E-state index in [1.165, 1.54) is 12.1 Å². The number of benzene rings is 1. The molecule has 0 saturated carbocycles. The Kier molecular flexibility index (Phi) is 3.64. The van der Waals surface area contributed by atoms with Gasteiger partial charge in [0.2, 0.25) is 0 Å². The zero-order chi connectivity index (χ0) is 14.9. The van der Waals surface area contributed by atoms with Crippen LogP contribution in [-0.4, -0.2) is 23.5 Å². The van der Waals surface area contributed by atoms with E-state index in [9.17, 15) is 18.5 Å². The van der Waals surface area contributed by atoms with Crippen molar-refractivity contribution in [2.45, 2.75) is 11.8 Å². The molecular formula is C10H9ClN4O4S. The summed E-state index contributed by atoms with van der Waals surface area (Å²) >= 11 is 5.65. The second-order valence-electron chi connectivity index (χ2n) is 3.89. The summed E-state index contributed by atoms with van der Waals surface area (Å²) in [7, 11) is -3.87. The highest BCUT2D eigenvalue weighted by Crippen LogP contribution is 2.28. The maximum Gasteiger partial charge on any atom is 0.289 e. The molecule has 10 heteroatoms. The lowest BCUT2D eigenvalue weighted by atomic mass is 10.3. The van der Waals surface area contributed by atoms with Gasteiger partial charge in [0.1, 0.15) is 9.92 Å². The third kappa shape index (κ3) is 2.73. The maximum atomic E-state index is 12.1. The van der Waals surface area contributed by atoms with Crippen LogP contribution >= 0.6 is 11.6 Å². The van der Waals surface area contributed by atoms with Crippen LogP contribution in [0.4, 0.5) is 11.4 Å². The van der Waals surface area contributed by atoms with E-state index in [0.717, 1.165) is 12.3 Å². The Morgan fingerprint density at radius 2 is 2.15 bits per heavy atom. The second kappa shape index (κ2) is 5.10. The predicted molar refractivity (Wildman–Crippen MR) is 72.2 cm³/mol. The highest BCUT2D eigenvalue weighted by atomic mass is 35.5. The Morgan fingerprint density at radius 3 is 2.70 bits per heavy atom. The average Bonchev–Trinajstić information content (AvgIpc) is 2.78. The minimum absolute atomic E-state index is 0.0323. The fraction of sp³-hybridized carbons (Fsp3) is 0.100. The lowest BCUT2D eigenvalue weighted by molar-refractivity contribution is -0.384. The number of rotatable bonds is 4. The van der Waals surface area contributed by atoms with Crippen LogP contribution in [-0.2, 0) is 10.0 Å². The normalized spacial score (nSPS) is 11.3. The number of nitrogens with zero attached hydrogens (tertiary/aromatic N) is 2. The molecule has 2 N–H and O–H groups in total. The van der Waals surface area contributed by atoms with Crippen molar-refractivity contribution in [1.29, 1.82) is 0 Å². The molecule has 0 amide bonds. The minimum atomic E-state index is -3.87. The first-order valence-corrected chi connectivity index (χ1v) is 7.14. The predicted octanol–water partition coefficient (Wildman–Crippen LogP) is 2.08. The molecule has 0 unspecified atom stereocenters. The summed E-state index contributed by atoms with van der Waals surface area (Å²) in [5.74, 6) is 0. The lowest BCUT2D eigenvalue weighted by Crippen LogP contribution is -2.13. The van der Waals surface area contributed by atoms with Crippen LogP contribution in [0.3, 0.4) is 0 Å². The Morgan fingerprint density at radius 1 is 1.45 bits per heavy atom. The number of nitro benzene ring substituents is 1. The largest absolute Gasteiger partial charge is 0.289 e. The maximum absolute atomic E-state index is 12.1. The molecule has 1 aromatic heterocycles. The van der Waals surface area contributed by atoms with E-state index in [2.05, 4.69) is 14.9 Å². The molecule has 0 bridgehead atoms. The number of aromatic amines is 1. The monoisotopic (exact) mass is 316 g/mol. The Bertz CT molecular complexity index is 771. The van der Waals surface area contributed by atoms with Crippen LogP contribution in [0.25, 0.3) is 0 Å². The van der Waals surface area contributed by atoms with Gasteiger partial charge in [-0.05, 0) is 19.1 Å². The number of H-pyrrole nitrogens is 1. The quantitative estimate of drug-likeness (QED) is 0.661. The summed E-state index contributed by atoms with van der Waals surface area (Å²) in [6.45, 7) is 1.55. The Balaban J connectivity index is 2.38. The molecule has 0 fully saturated rings. The van der Waals surface area contributed by atoms with Gasteiger partial charge in [-0.15, -0.1) is 0 Å². The van der Waals surface area contributed by atoms with Gasteiger partial charge in [-0.1, -0.05) is 11.6 Å². The molecule has 0 saturated heterocycles. The summed E-state index contributed by atoms with van der Waals surface area (Å²) < 4.78 is 26.4. The van der Waals surface area contributed by atoms with Crippen molar-refractivity contribution in [2.75, 3.05) is 4.72 Å². The number of aromatic nitrogens is 2. The fourth-order valence-electron chi connectivity index (χ4n) is 1.54. The summed E-state index contributed by atoms with van der Waals surface area (Å²) in [5, 5.41) is 16.8. The Hall–Kier alpha value is -2.13. The zero-order valence-electron chi connectivity index (χ0n) is 10.1. The number of halogens is 1. The smallest absolute Gasteiger partial charge is 0.281 e. The van der Waals surface area contributed by atoms with Gasteiger partial charge in [-0.25, -0.2) is 8.42 Å². The molecule has 0 atom stereocenters. The zero-order valence-corrected chi connectivity index (χ0v) is 11.7. The summed E-state index contributed by atoms with van der Waals surface area (Å²) in [6, 6.07) is 3.64. The van der Waals surface area contributed by atoms with E-state index >= 15 is 0 Å². The van der Waals surface area contributed by atoms with Crippen LogP contribution in [0.5, 0.6) is 0 Å². The molecule has 2 aromatic rings. The number of anilines is 1. The van der Waals surface area contributed by atoms with Gasteiger partial charge in [0.15, 0.2) is 0 Å². The first kappa shape index (κ1) is 14.3. The van der Waals surface area contributed by atoms with Crippen molar-refractivity contribution in [1.82, 2.24) is 10.2 Å². The highest BCUT2D eigenvalue weighted by molar-refractivity contribution is 7.92. The third-order valence-electron chi connectivity index (χ3n) is 2.47. The average molecular weight is 317 g/mol. The molecule has 106 valence electrons. The van der Waals surface area contributed by atoms with Gasteiger partial charge in [0.05, 0.1) is 22.5 Å². The number of hydrogen-bond acceptors (Lipinski definition) is 5. The molecule has 2 rings (SSSR count). The number of nitro groups is 1. The minimum Gasteiger partial charge on any atom is -0.281 e. The molecule has 0 aliphatic rings. The van der Waals surface area contributed by atoms with Gasteiger partial charge in [-0.2, -0.15) is 5.10 Å². The van der Waals surface area contributed by atoms with E-state index in [1.807, 2.05) is 0 Å². The molecule has 8 nitrogen and oxygen atoms in total. The van der Waals surface area contributed by atoms with E-state index in [0.29, 0.717) is 5.69 Å². The van der Waals surface area contributed by atoms with Crippen LogP contribution in [0.2, 0.25) is 5.02 Å². The Labute approximate surface area is 119 Å². The van der Waals surface area contributed by atoms with Gasteiger partial charge >= 0.3 is 0 Å². The number of hydrogen-bond donors (Lipinski definition) is 2. The molecule has 0 radical (unpaired) electrons. The van der Waals surface area contributed by atoms with Crippen molar-refractivity contribution in [3.8, 4) is 0 Å². The van der Waals surface area contributed by atoms with Crippen LogP contribution in [0, 0.1) is 17.0 Å². The van der Waals surface area contributed by atoms with Crippen molar-refractivity contribution >= 4 is 33.0 Å². The van der Waals surface area contributed by atoms with E-state index in [4.69, 9.17) is 11.6 Å².